The first-order chi connectivity index (χ1) is 8.38. The Morgan fingerprint density at radius 3 is 2.59 bits per heavy atom. The highest BCUT2D eigenvalue weighted by atomic mass is 16.6. The predicted molar refractivity (Wildman–Crippen MR) is 67.7 cm³/mol. The minimum Gasteiger partial charge on any atom is -0.361 e. The standard InChI is InChI=1S/C16H20O/c1-2-8-14(9-3-1)16-11-13-7-5-4-6-12(13)10-15(16)17-16/h1-3,8-9,12-13,15H,4-7,10-11H2/t12-,13+,15+,16-/m1/s1. The summed E-state index contributed by atoms with van der Waals surface area (Å²) in [5.74, 6) is 1.90. The third-order valence-electron chi connectivity index (χ3n) is 5.23. The first-order valence-electron chi connectivity index (χ1n) is 7.12. The molecular formula is C16H20O. The van der Waals surface area contributed by atoms with E-state index in [-0.39, 0.29) is 5.60 Å². The van der Waals surface area contributed by atoms with E-state index >= 15 is 0 Å². The minimum absolute atomic E-state index is 0.125. The summed E-state index contributed by atoms with van der Waals surface area (Å²) in [4.78, 5) is 0. The maximum atomic E-state index is 6.14. The summed E-state index contributed by atoms with van der Waals surface area (Å²) >= 11 is 0. The van der Waals surface area contributed by atoms with Gasteiger partial charge in [-0.05, 0) is 30.2 Å². The van der Waals surface area contributed by atoms with Gasteiger partial charge in [0.1, 0.15) is 5.60 Å². The van der Waals surface area contributed by atoms with Crippen LogP contribution in [0.5, 0.6) is 0 Å². The van der Waals surface area contributed by atoms with Gasteiger partial charge in [-0.3, -0.25) is 0 Å². The summed E-state index contributed by atoms with van der Waals surface area (Å²) in [6.07, 6.45) is 8.92. The minimum atomic E-state index is 0.125. The normalized spacial score (nSPS) is 43.6. The highest BCUT2D eigenvalue weighted by Crippen LogP contribution is 2.60. The second-order valence-corrected chi connectivity index (χ2v) is 6.11. The van der Waals surface area contributed by atoms with Crippen molar-refractivity contribution in [2.24, 2.45) is 11.8 Å². The van der Waals surface area contributed by atoms with Crippen molar-refractivity contribution in [2.75, 3.05) is 0 Å². The molecule has 4 atom stereocenters. The molecule has 0 amide bonds. The Bertz CT molecular complexity index is 413. The van der Waals surface area contributed by atoms with Crippen molar-refractivity contribution in [2.45, 2.75) is 50.2 Å². The van der Waals surface area contributed by atoms with Crippen LogP contribution >= 0.6 is 0 Å². The number of rotatable bonds is 1. The summed E-state index contributed by atoms with van der Waals surface area (Å²) in [5.41, 5.74) is 1.55. The predicted octanol–water partition coefficient (Wildman–Crippen LogP) is 3.88. The van der Waals surface area contributed by atoms with E-state index in [0.29, 0.717) is 6.10 Å². The fraction of sp³-hybridized carbons (Fsp3) is 0.625. The van der Waals surface area contributed by atoms with Crippen LogP contribution < -0.4 is 0 Å². The van der Waals surface area contributed by atoms with Crippen LogP contribution in [0, 0.1) is 11.8 Å². The highest BCUT2D eigenvalue weighted by Gasteiger charge is 2.62. The fourth-order valence-corrected chi connectivity index (χ4v) is 4.26. The van der Waals surface area contributed by atoms with Crippen molar-refractivity contribution >= 4 is 0 Å². The Morgan fingerprint density at radius 2 is 1.76 bits per heavy atom. The van der Waals surface area contributed by atoms with Crippen LogP contribution in [0.2, 0.25) is 0 Å². The molecule has 0 N–H and O–H groups in total. The van der Waals surface area contributed by atoms with Gasteiger partial charge in [0.25, 0.3) is 0 Å². The second-order valence-electron chi connectivity index (χ2n) is 6.11. The molecule has 0 unspecified atom stereocenters. The van der Waals surface area contributed by atoms with E-state index in [9.17, 15) is 0 Å². The van der Waals surface area contributed by atoms with E-state index in [0.717, 1.165) is 11.8 Å². The number of benzene rings is 1. The van der Waals surface area contributed by atoms with E-state index in [1.165, 1.54) is 44.1 Å². The number of epoxide rings is 1. The lowest BCUT2D eigenvalue weighted by Crippen LogP contribution is -2.32. The van der Waals surface area contributed by atoms with E-state index in [2.05, 4.69) is 30.3 Å². The van der Waals surface area contributed by atoms with Crippen LogP contribution in [0.25, 0.3) is 0 Å². The summed E-state index contributed by atoms with van der Waals surface area (Å²) in [6.45, 7) is 0. The molecule has 0 radical (unpaired) electrons. The van der Waals surface area contributed by atoms with Crippen molar-refractivity contribution in [3.63, 3.8) is 0 Å². The molecule has 0 bridgehead atoms. The van der Waals surface area contributed by atoms with Crippen molar-refractivity contribution in [3.05, 3.63) is 35.9 Å². The van der Waals surface area contributed by atoms with Gasteiger partial charge in [-0.25, -0.2) is 0 Å². The molecular weight excluding hydrogens is 208 g/mol. The van der Waals surface area contributed by atoms with Crippen LogP contribution in [-0.2, 0) is 10.3 Å². The molecule has 90 valence electrons. The zero-order valence-corrected chi connectivity index (χ0v) is 10.3. The third kappa shape index (κ3) is 1.48. The smallest absolute Gasteiger partial charge is 0.120 e. The number of hydrogen-bond donors (Lipinski definition) is 0. The van der Waals surface area contributed by atoms with Gasteiger partial charge >= 0.3 is 0 Å². The van der Waals surface area contributed by atoms with Crippen molar-refractivity contribution in [1.29, 1.82) is 0 Å². The zero-order chi connectivity index (χ0) is 11.3. The molecule has 3 aliphatic rings. The maximum absolute atomic E-state index is 6.14. The van der Waals surface area contributed by atoms with Crippen molar-refractivity contribution < 1.29 is 4.74 Å². The molecule has 1 heterocycles. The Kier molecular flexibility index (Phi) is 2.14. The van der Waals surface area contributed by atoms with Gasteiger partial charge in [0.2, 0.25) is 0 Å². The fourth-order valence-electron chi connectivity index (χ4n) is 4.26. The second kappa shape index (κ2) is 3.58. The Balaban J connectivity index is 1.62. The van der Waals surface area contributed by atoms with Gasteiger partial charge in [0.15, 0.2) is 0 Å². The highest BCUT2D eigenvalue weighted by molar-refractivity contribution is 5.30. The van der Waals surface area contributed by atoms with Crippen molar-refractivity contribution in [3.8, 4) is 0 Å². The van der Waals surface area contributed by atoms with Crippen LogP contribution in [0.15, 0.2) is 30.3 Å². The van der Waals surface area contributed by atoms with E-state index < -0.39 is 0 Å². The molecule has 0 aromatic heterocycles. The lowest BCUT2D eigenvalue weighted by Gasteiger charge is -2.36. The Hall–Kier alpha value is -0.820. The molecule has 1 nitrogen and oxygen atoms in total. The molecule has 1 aromatic carbocycles. The number of hydrogen-bond acceptors (Lipinski definition) is 1. The van der Waals surface area contributed by atoms with Crippen LogP contribution in [0.1, 0.15) is 44.1 Å². The first-order valence-corrected chi connectivity index (χ1v) is 7.12. The van der Waals surface area contributed by atoms with Gasteiger partial charge in [-0.15, -0.1) is 0 Å². The first kappa shape index (κ1) is 10.1. The largest absolute Gasteiger partial charge is 0.361 e. The summed E-state index contributed by atoms with van der Waals surface area (Å²) in [6, 6.07) is 10.9. The molecule has 2 saturated carbocycles. The van der Waals surface area contributed by atoms with Crippen LogP contribution in [-0.4, -0.2) is 6.10 Å². The molecule has 1 heteroatoms. The molecule has 3 fully saturated rings. The van der Waals surface area contributed by atoms with Gasteiger partial charge in [0, 0.05) is 0 Å². The number of fused-ring (bicyclic) bond motifs is 2. The summed E-state index contributed by atoms with van der Waals surface area (Å²) < 4.78 is 6.14. The van der Waals surface area contributed by atoms with Gasteiger partial charge in [-0.1, -0.05) is 56.0 Å². The molecule has 1 saturated heterocycles. The SMILES string of the molecule is c1ccc([C@]23C[C@@H]4CCCC[C@@H]4C[C@@H]2O3)cc1. The van der Waals surface area contributed by atoms with E-state index in [1.807, 2.05) is 0 Å². The molecule has 0 spiro atoms. The molecule has 4 rings (SSSR count). The number of ether oxygens (including phenoxy) is 1. The van der Waals surface area contributed by atoms with Crippen LogP contribution in [0.4, 0.5) is 0 Å². The van der Waals surface area contributed by atoms with Gasteiger partial charge in [-0.2, -0.15) is 0 Å². The molecule has 1 aromatic rings. The lowest BCUT2D eigenvalue weighted by atomic mass is 9.66. The Morgan fingerprint density at radius 1 is 1.00 bits per heavy atom. The summed E-state index contributed by atoms with van der Waals surface area (Å²) in [5, 5.41) is 0. The topological polar surface area (TPSA) is 12.5 Å². The maximum Gasteiger partial charge on any atom is 0.120 e. The third-order valence-corrected chi connectivity index (χ3v) is 5.23. The zero-order valence-electron chi connectivity index (χ0n) is 10.3. The summed E-state index contributed by atoms with van der Waals surface area (Å²) in [7, 11) is 0. The Labute approximate surface area is 103 Å². The van der Waals surface area contributed by atoms with E-state index in [1.54, 1.807) is 0 Å². The average molecular weight is 228 g/mol. The van der Waals surface area contributed by atoms with E-state index in [4.69, 9.17) is 4.74 Å². The molecule has 1 aliphatic heterocycles. The average Bonchev–Trinajstić information content (AvgIpc) is 3.11. The quantitative estimate of drug-likeness (QED) is 0.664. The van der Waals surface area contributed by atoms with Gasteiger partial charge in [0.05, 0.1) is 6.10 Å². The van der Waals surface area contributed by atoms with Gasteiger partial charge < -0.3 is 4.74 Å². The monoisotopic (exact) mass is 228 g/mol. The molecule has 17 heavy (non-hydrogen) atoms. The molecule has 2 aliphatic carbocycles. The van der Waals surface area contributed by atoms with Crippen LogP contribution in [0.3, 0.4) is 0 Å². The van der Waals surface area contributed by atoms with Crippen molar-refractivity contribution in [1.82, 2.24) is 0 Å². The lowest BCUT2D eigenvalue weighted by molar-refractivity contribution is 0.158.